The van der Waals surface area contributed by atoms with E-state index in [2.05, 4.69) is 25.8 Å². The van der Waals surface area contributed by atoms with Crippen LogP contribution in [0.2, 0.25) is 0 Å². The van der Waals surface area contributed by atoms with Crippen LogP contribution < -0.4 is 0 Å². The third kappa shape index (κ3) is 2.45. The summed E-state index contributed by atoms with van der Waals surface area (Å²) in [4.78, 5) is 16.7. The van der Waals surface area contributed by atoms with Crippen LogP contribution in [0.15, 0.2) is 24.5 Å². The third-order valence-electron chi connectivity index (χ3n) is 6.35. The molecule has 4 rings (SSSR count). The normalized spacial score (nSPS) is 33.6. The molecule has 0 aromatic carbocycles. The second-order valence-corrected chi connectivity index (χ2v) is 7.67. The summed E-state index contributed by atoms with van der Waals surface area (Å²) < 4.78 is 5.95. The molecule has 0 amide bonds. The van der Waals surface area contributed by atoms with Gasteiger partial charge in [-0.05, 0) is 60.1 Å². The van der Waals surface area contributed by atoms with E-state index in [1.807, 2.05) is 19.1 Å². The summed E-state index contributed by atoms with van der Waals surface area (Å²) in [5, 5.41) is 0. The van der Waals surface area contributed by atoms with Gasteiger partial charge in [-0.2, -0.15) is 0 Å². The number of rotatable bonds is 4. The fourth-order valence-corrected chi connectivity index (χ4v) is 4.62. The minimum absolute atomic E-state index is 0.0651. The molecule has 0 spiro atoms. The number of esters is 1. The number of pyridine rings is 1. The second-order valence-electron chi connectivity index (χ2n) is 7.67. The van der Waals surface area contributed by atoms with Gasteiger partial charge in [-0.15, -0.1) is 0 Å². The molecule has 3 nitrogen and oxygen atoms in total. The second kappa shape index (κ2) is 5.68. The Morgan fingerprint density at radius 3 is 2.59 bits per heavy atom. The van der Waals surface area contributed by atoms with E-state index in [1.54, 1.807) is 12.4 Å². The number of carbonyl (C=O) groups is 1. The molecule has 1 heterocycles. The summed E-state index contributed by atoms with van der Waals surface area (Å²) in [6, 6.07) is 3.83. The largest absolute Gasteiger partial charge is 0.462 e. The highest BCUT2D eigenvalue weighted by Gasteiger charge is 2.57. The van der Waals surface area contributed by atoms with Crippen LogP contribution in [0.5, 0.6) is 0 Å². The minimum Gasteiger partial charge on any atom is -0.462 e. The zero-order valence-corrected chi connectivity index (χ0v) is 14.1. The quantitative estimate of drug-likeness (QED) is 0.783. The van der Waals surface area contributed by atoms with Crippen LogP contribution in [0, 0.1) is 23.2 Å². The maximum Gasteiger partial charge on any atom is 0.313 e. The van der Waals surface area contributed by atoms with Crippen molar-refractivity contribution in [2.75, 3.05) is 0 Å². The SMILES string of the molecule is CC[C@H](C(=O)O[C@@H]1C[C@H]2C[C@@H]([C@@H]1C)C2(C)C)c1ccncc1. The highest BCUT2D eigenvalue weighted by Crippen LogP contribution is 2.61. The van der Waals surface area contributed by atoms with E-state index in [9.17, 15) is 4.79 Å². The molecule has 1 aromatic rings. The van der Waals surface area contributed by atoms with Gasteiger partial charge in [-0.3, -0.25) is 9.78 Å². The Bertz CT molecular complexity index is 540. The minimum atomic E-state index is -0.165. The maximum atomic E-state index is 12.6. The number of fused-ring (bicyclic) bond motifs is 2. The Kier molecular flexibility index (Phi) is 4.00. The first kappa shape index (κ1) is 15.5. The summed E-state index contributed by atoms with van der Waals surface area (Å²) in [7, 11) is 0. The van der Waals surface area contributed by atoms with Crippen LogP contribution in [0.1, 0.15) is 58.4 Å². The van der Waals surface area contributed by atoms with E-state index in [1.165, 1.54) is 6.42 Å². The summed E-state index contributed by atoms with van der Waals surface area (Å²) in [5.41, 5.74) is 1.44. The number of nitrogens with zero attached hydrogens (tertiary/aromatic N) is 1. The molecule has 3 aliphatic carbocycles. The van der Waals surface area contributed by atoms with Crippen LogP contribution in [0.25, 0.3) is 0 Å². The smallest absolute Gasteiger partial charge is 0.313 e. The van der Waals surface area contributed by atoms with Gasteiger partial charge in [-0.25, -0.2) is 0 Å². The van der Waals surface area contributed by atoms with Crippen molar-refractivity contribution in [2.24, 2.45) is 23.2 Å². The molecule has 0 saturated heterocycles. The average Bonchev–Trinajstić information content (AvgIpc) is 2.50. The van der Waals surface area contributed by atoms with Gasteiger partial charge in [0.1, 0.15) is 6.10 Å². The van der Waals surface area contributed by atoms with Gasteiger partial charge in [0.25, 0.3) is 0 Å². The summed E-state index contributed by atoms with van der Waals surface area (Å²) in [6.07, 6.45) is 6.69. The third-order valence-corrected chi connectivity index (χ3v) is 6.35. The van der Waals surface area contributed by atoms with E-state index in [-0.39, 0.29) is 18.0 Å². The van der Waals surface area contributed by atoms with Crippen molar-refractivity contribution < 1.29 is 9.53 Å². The molecule has 1 aromatic heterocycles. The van der Waals surface area contributed by atoms with Crippen LogP contribution in [0.3, 0.4) is 0 Å². The van der Waals surface area contributed by atoms with Crippen molar-refractivity contribution in [1.82, 2.24) is 4.98 Å². The van der Waals surface area contributed by atoms with Gasteiger partial charge in [0.05, 0.1) is 5.92 Å². The monoisotopic (exact) mass is 301 g/mol. The topological polar surface area (TPSA) is 39.2 Å². The Balaban J connectivity index is 1.67. The van der Waals surface area contributed by atoms with E-state index in [0.29, 0.717) is 23.2 Å². The van der Waals surface area contributed by atoms with Crippen molar-refractivity contribution in [1.29, 1.82) is 0 Å². The van der Waals surface area contributed by atoms with Crippen molar-refractivity contribution >= 4 is 5.97 Å². The molecule has 0 radical (unpaired) electrons. The van der Waals surface area contributed by atoms with Gasteiger partial charge in [0.2, 0.25) is 0 Å². The van der Waals surface area contributed by atoms with Gasteiger partial charge >= 0.3 is 5.97 Å². The molecule has 5 atom stereocenters. The zero-order chi connectivity index (χ0) is 15.9. The van der Waals surface area contributed by atoms with E-state index in [0.717, 1.165) is 18.4 Å². The van der Waals surface area contributed by atoms with Crippen LogP contribution in [-0.4, -0.2) is 17.1 Å². The number of aromatic nitrogens is 1. The van der Waals surface area contributed by atoms with Crippen LogP contribution in [0.4, 0.5) is 0 Å². The molecule has 0 N–H and O–H groups in total. The highest BCUT2D eigenvalue weighted by atomic mass is 16.5. The predicted molar refractivity (Wildman–Crippen MR) is 86.3 cm³/mol. The fourth-order valence-electron chi connectivity index (χ4n) is 4.62. The molecule has 3 saturated carbocycles. The van der Waals surface area contributed by atoms with E-state index < -0.39 is 0 Å². The number of ether oxygens (including phenoxy) is 1. The van der Waals surface area contributed by atoms with Gasteiger partial charge in [-0.1, -0.05) is 27.7 Å². The zero-order valence-electron chi connectivity index (χ0n) is 14.1. The summed E-state index contributed by atoms with van der Waals surface area (Å²) in [5.74, 6) is 1.66. The maximum absolute atomic E-state index is 12.6. The molecule has 3 aliphatic rings. The number of hydrogen-bond acceptors (Lipinski definition) is 3. The summed E-state index contributed by atoms with van der Waals surface area (Å²) >= 11 is 0. The molecule has 3 fully saturated rings. The Morgan fingerprint density at radius 2 is 2.05 bits per heavy atom. The van der Waals surface area contributed by atoms with Crippen molar-refractivity contribution in [3.8, 4) is 0 Å². The Morgan fingerprint density at radius 1 is 1.36 bits per heavy atom. The molecule has 120 valence electrons. The van der Waals surface area contributed by atoms with E-state index in [4.69, 9.17) is 4.74 Å². The van der Waals surface area contributed by atoms with Crippen molar-refractivity contribution in [3.05, 3.63) is 30.1 Å². The molecular weight excluding hydrogens is 274 g/mol. The first-order valence-corrected chi connectivity index (χ1v) is 8.55. The van der Waals surface area contributed by atoms with Gasteiger partial charge in [0, 0.05) is 12.4 Å². The van der Waals surface area contributed by atoms with Crippen molar-refractivity contribution in [2.45, 2.75) is 59.0 Å². The van der Waals surface area contributed by atoms with Crippen molar-refractivity contribution in [3.63, 3.8) is 0 Å². The lowest BCUT2D eigenvalue weighted by atomic mass is 9.45. The average molecular weight is 301 g/mol. The van der Waals surface area contributed by atoms with Gasteiger partial charge < -0.3 is 4.74 Å². The Hall–Kier alpha value is -1.38. The number of hydrogen-bond donors (Lipinski definition) is 0. The lowest BCUT2D eigenvalue weighted by Crippen LogP contribution is -2.57. The van der Waals surface area contributed by atoms with Crippen LogP contribution in [-0.2, 0) is 9.53 Å². The Labute approximate surface area is 133 Å². The predicted octanol–water partition coefficient (Wildman–Crippen LogP) is 4.19. The lowest BCUT2D eigenvalue weighted by Gasteiger charge is -2.61. The fraction of sp³-hybridized carbons (Fsp3) is 0.684. The molecular formula is C19H27NO2. The lowest BCUT2D eigenvalue weighted by molar-refractivity contribution is -0.187. The first-order chi connectivity index (χ1) is 10.4. The molecule has 0 unspecified atom stereocenters. The molecule has 0 aliphatic heterocycles. The van der Waals surface area contributed by atoms with Crippen LogP contribution >= 0.6 is 0 Å². The van der Waals surface area contributed by atoms with E-state index >= 15 is 0 Å². The molecule has 2 bridgehead atoms. The number of carbonyl (C=O) groups excluding carboxylic acids is 1. The van der Waals surface area contributed by atoms with Gasteiger partial charge in [0.15, 0.2) is 0 Å². The summed E-state index contributed by atoms with van der Waals surface area (Å²) in [6.45, 7) is 9.03. The first-order valence-electron chi connectivity index (χ1n) is 8.55. The molecule has 3 heteroatoms. The molecule has 22 heavy (non-hydrogen) atoms. The standard InChI is InChI=1S/C19H27NO2/c1-5-15(13-6-8-20-9-7-13)18(21)22-17-11-14-10-16(12(17)2)19(14,3)4/h6-9,12,14-17H,5,10-11H2,1-4H3/t12-,14+,15-,16-,17+/m0/s1. The highest BCUT2D eigenvalue weighted by molar-refractivity contribution is 5.78.